The molecule has 1 aromatic rings. The Morgan fingerprint density at radius 3 is 2.75 bits per heavy atom. The fraction of sp³-hybridized carbons (Fsp3) is 0.500. The van der Waals surface area contributed by atoms with E-state index in [-0.39, 0.29) is 6.61 Å². The number of thioether (sulfide) groups is 1. The van der Waals surface area contributed by atoms with E-state index in [0.717, 1.165) is 16.8 Å². The minimum atomic E-state index is 0.221. The van der Waals surface area contributed by atoms with Crippen molar-refractivity contribution in [1.82, 2.24) is 5.32 Å². The van der Waals surface area contributed by atoms with Crippen LogP contribution in [0.5, 0.6) is 0 Å². The van der Waals surface area contributed by atoms with Crippen molar-refractivity contribution in [3.63, 3.8) is 0 Å². The number of rotatable bonds is 6. The summed E-state index contributed by atoms with van der Waals surface area (Å²) in [5.41, 5.74) is 1.27. The molecule has 4 heteroatoms. The minimum absolute atomic E-state index is 0.221. The summed E-state index contributed by atoms with van der Waals surface area (Å²) >= 11 is 5.24. The van der Waals surface area contributed by atoms with Crippen LogP contribution in [0, 0.1) is 0 Å². The summed E-state index contributed by atoms with van der Waals surface area (Å²) in [7, 11) is 0. The van der Waals surface area contributed by atoms with Crippen molar-refractivity contribution >= 4 is 27.7 Å². The molecule has 90 valence electrons. The molecule has 0 bridgehead atoms. The first-order chi connectivity index (χ1) is 7.63. The number of benzene rings is 1. The third kappa shape index (κ3) is 4.87. The van der Waals surface area contributed by atoms with Gasteiger partial charge in [-0.15, -0.1) is 11.8 Å². The number of hydrogen-bond acceptors (Lipinski definition) is 3. The van der Waals surface area contributed by atoms with Crippen LogP contribution >= 0.6 is 27.7 Å². The van der Waals surface area contributed by atoms with Gasteiger partial charge in [0.05, 0.1) is 6.61 Å². The molecule has 0 aliphatic heterocycles. The number of halogens is 1. The number of hydrogen-bond donors (Lipinski definition) is 2. The lowest BCUT2D eigenvalue weighted by molar-refractivity contribution is 0.322. The van der Waals surface area contributed by atoms with Crippen LogP contribution in [0.15, 0.2) is 27.6 Å². The lowest BCUT2D eigenvalue weighted by Gasteiger charge is -2.10. The summed E-state index contributed by atoms with van der Waals surface area (Å²) in [6.45, 7) is 5.38. The van der Waals surface area contributed by atoms with E-state index in [1.807, 2.05) is 0 Å². The second-order valence-corrected chi connectivity index (χ2v) is 5.88. The van der Waals surface area contributed by atoms with Gasteiger partial charge in [0.1, 0.15) is 0 Å². The molecule has 0 spiro atoms. The topological polar surface area (TPSA) is 32.3 Å². The second-order valence-electron chi connectivity index (χ2n) is 3.86. The first-order valence-corrected chi connectivity index (χ1v) is 7.17. The Balaban J connectivity index is 2.60. The largest absolute Gasteiger partial charge is 0.396 e. The monoisotopic (exact) mass is 303 g/mol. The molecular formula is C12H18BrNOS. The fourth-order valence-electron chi connectivity index (χ4n) is 1.24. The van der Waals surface area contributed by atoms with Gasteiger partial charge in [0.2, 0.25) is 0 Å². The lowest BCUT2D eigenvalue weighted by Crippen LogP contribution is -2.21. The molecular weight excluding hydrogens is 286 g/mol. The predicted molar refractivity (Wildman–Crippen MR) is 73.9 cm³/mol. The lowest BCUT2D eigenvalue weighted by atomic mass is 10.2. The van der Waals surface area contributed by atoms with Gasteiger partial charge in [-0.2, -0.15) is 0 Å². The predicted octanol–water partition coefficient (Wildman–Crippen LogP) is 3.03. The Morgan fingerprint density at radius 1 is 1.44 bits per heavy atom. The summed E-state index contributed by atoms with van der Waals surface area (Å²) < 4.78 is 1.13. The molecule has 0 fully saturated rings. The van der Waals surface area contributed by atoms with E-state index in [1.54, 1.807) is 11.8 Å². The van der Waals surface area contributed by atoms with E-state index in [4.69, 9.17) is 5.11 Å². The maximum absolute atomic E-state index is 8.75. The average molecular weight is 304 g/mol. The molecule has 0 saturated heterocycles. The van der Waals surface area contributed by atoms with Crippen LogP contribution in [0.3, 0.4) is 0 Å². The fourth-order valence-corrected chi connectivity index (χ4v) is 2.60. The van der Waals surface area contributed by atoms with Gasteiger partial charge in [-0.1, -0.05) is 35.8 Å². The zero-order valence-corrected chi connectivity index (χ0v) is 12.1. The number of nitrogens with one attached hydrogen (secondary N) is 1. The Kier molecular flexibility index (Phi) is 6.43. The molecule has 0 radical (unpaired) electrons. The van der Waals surface area contributed by atoms with Crippen LogP contribution in [0.4, 0.5) is 0 Å². The van der Waals surface area contributed by atoms with Crippen LogP contribution in [-0.2, 0) is 6.54 Å². The highest BCUT2D eigenvalue weighted by molar-refractivity contribution is 9.10. The molecule has 16 heavy (non-hydrogen) atoms. The van der Waals surface area contributed by atoms with Gasteiger partial charge in [-0.25, -0.2) is 0 Å². The highest BCUT2D eigenvalue weighted by Gasteiger charge is 2.02. The molecule has 0 atom stereocenters. The van der Waals surface area contributed by atoms with E-state index in [2.05, 4.69) is 53.3 Å². The molecule has 0 aliphatic rings. The highest BCUT2D eigenvalue weighted by atomic mass is 79.9. The summed E-state index contributed by atoms with van der Waals surface area (Å²) in [6, 6.07) is 6.83. The van der Waals surface area contributed by atoms with E-state index < -0.39 is 0 Å². The van der Waals surface area contributed by atoms with Gasteiger partial charge in [0.15, 0.2) is 0 Å². The van der Waals surface area contributed by atoms with Crippen LogP contribution in [-0.4, -0.2) is 23.5 Å². The van der Waals surface area contributed by atoms with Gasteiger partial charge in [-0.3, -0.25) is 0 Å². The first kappa shape index (κ1) is 14.0. The van der Waals surface area contributed by atoms with Gasteiger partial charge in [0, 0.05) is 27.7 Å². The number of aliphatic hydroxyl groups excluding tert-OH is 1. The van der Waals surface area contributed by atoms with E-state index >= 15 is 0 Å². The summed E-state index contributed by atoms with van der Waals surface area (Å²) in [5, 5.41) is 12.1. The highest BCUT2D eigenvalue weighted by Crippen LogP contribution is 2.25. The zero-order valence-electron chi connectivity index (χ0n) is 9.66. The molecule has 2 nitrogen and oxygen atoms in total. The van der Waals surface area contributed by atoms with Gasteiger partial charge < -0.3 is 10.4 Å². The molecule has 0 amide bonds. The SMILES string of the molecule is CC(C)NCc1ccc(SCCO)cc1Br. The molecule has 0 aliphatic carbocycles. The summed E-state index contributed by atoms with van der Waals surface area (Å²) in [6.07, 6.45) is 0. The standard InChI is InChI=1S/C12H18BrNOS/c1-9(2)14-8-10-3-4-11(7-12(10)13)16-6-5-15/h3-4,7,9,14-15H,5-6,8H2,1-2H3. The number of aliphatic hydroxyl groups is 1. The van der Waals surface area contributed by atoms with Crippen molar-refractivity contribution < 1.29 is 5.11 Å². The Bertz CT molecular complexity index is 331. The normalized spacial score (nSPS) is 11.1. The van der Waals surface area contributed by atoms with Gasteiger partial charge in [0.25, 0.3) is 0 Å². The third-order valence-corrected chi connectivity index (χ3v) is 3.80. The molecule has 1 aromatic carbocycles. The van der Waals surface area contributed by atoms with Crippen molar-refractivity contribution in [2.45, 2.75) is 31.3 Å². The van der Waals surface area contributed by atoms with Crippen molar-refractivity contribution in [2.75, 3.05) is 12.4 Å². The summed E-state index contributed by atoms with van der Waals surface area (Å²) in [5.74, 6) is 0.746. The first-order valence-electron chi connectivity index (χ1n) is 5.39. The molecule has 1 rings (SSSR count). The van der Waals surface area contributed by atoms with Crippen molar-refractivity contribution in [2.24, 2.45) is 0 Å². The van der Waals surface area contributed by atoms with Crippen LogP contribution in [0.1, 0.15) is 19.4 Å². The molecule has 0 unspecified atom stereocenters. The van der Waals surface area contributed by atoms with Crippen LogP contribution < -0.4 is 5.32 Å². The molecule has 2 N–H and O–H groups in total. The maximum Gasteiger partial charge on any atom is 0.0525 e. The van der Waals surface area contributed by atoms with Gasteiger partial charge in [-0.05, 0) is 17.7 Å². The zero-order chi connectivity index (χ0) is 12.0. The summed E-state index contributed by atoms with van der Waals surface area (Å²) in [4.78, 5) is 1.19. The Labute approximate surface area is 110 Å². The Hall–Kier alpha value is -0.0300. The molecule has 0 saturated carbocycles. The average Bonchev–Trinajstić information content (AvgIpc) is 2.24. The molecule has 0 heterocycles. The second kappa shape index (κ2) is 7.33. The minimum Gasteiger partial charge on any atom is -0.396 e. The maximum atomic E-state index is 8.75. The van der Waals surface area contributed by atoms with Crippen molar-refractivity contribution in [3.8, 4) is 0 Å². The van der Waals surface area contributed by atoms with E-state index in [1.165, 1.54) is 10.5 Å². The van der Waals surface area contributed by atoms with Crippen molar-refractivity contribution in [1.29, 1.82) is 0 Å². The van der Waals surface area contributed by atoms with E-state index in [0.29, 0.717) is 6.04 Å². The smallest absolute Gasteiger partial charge is 0.0525 e. The van der Waals surface area contributed by atoms with Crippen LogP contribution in [0.25, 0.3) is 0 Å². The van der Waals surface area contributed by atoms with E-state index in [9.17, 15) is 0 Å². The van der Waals surface area contributed by atoms with Crippen LogP contribution in [0.2, 0.25) is 0 Å². The molecule has 0 aromatic heterocycles. The third-order valence-electron chi connectivity index (χ3n) is 2.09. The van der Waals surface area contributed by atoms with Gasteiger partial charge >= 0.3 is 0 Å². The van der Waals surface area contributed by atoms with Crippen molar-refractivity contribution in [3.05, 3.63) is 28.2 Å². The Morgan fingerprint density at radius 2 is 2.19 bits per heavy atom. The quantitative estimate of drug-likeness (QED) is 0.792.